The SMILES string of the molecule is [2H]C([2H])([2H])n1cc(NC=O)c(O[C@H]2CC[C@]2(C)O)n1. The Morgan fingerprint density at radius 2 is 2.75 bits per heavy atom. The number of nitrogens with one attached hydrogen (secondary N) is 1. The summed E-state index contributed by atoms with van der Waals surface area (Å²) >= 11 is 0. The van der Waals surface area contributed by atoms with E-state index in [9.17, 15) is 9.90 Å². The summed E-state index contributed by atoms with van der Waals surface area (Å²) in [5.74, 6) is -0.00630. The lowest BCUT2D eigenvalue weighted by Crippen LogP contribution is -2.52. The Hall–Kier alpha value is -1.56. The molecule has 1 saturated carbocycles. The Morgan fingerprint density at radius 1 is 1.94 bits per heavy atom. The third-order valence-corrected chi connectivity index (χ3v) is 2.75. The van der Waals surface area contributed by atoms with Crippen LogP contribution in [-0.2, 0) is 11.8 Å². The van der Waals surface area contributed by atoms with Crippen molar-refractivity contribution in [2.75, 3.05) is 5.32 Å². The molecule has 2 rings (SSSR count). The Bertz CT molecular complexity index is 484. The molecule has 0 spiro atoms. The summed E-state index contributed by atoms with van der Waals surface area (Å²) in [5.41, 5.74) is -0.795. The van der Waals surface area contributed by atoms with Crippen molar-refractivity contribution in [1.82, 2.24) is 9.78 Å². The van der Waals surface area contributed by atoms with Crippen molar-refractivity contribution in [1.29, 1.82) is 0 Å². The third-order valence-electron chi connectivity index (χ3n) is 2.75. The van der Waals surface area contributed by atoms with Crippen LogP contribution in [-0.4, -0.2) is 33.0 Å². The molecular weight excluding hydrogens is 210 g/mol. The molecule has 1 fully saturated rings. The lowest BCUT2D eigenvalue weighted by molar-refractivity contribution is -0.119. The first-order valence-electron chi connectivity index (χ1n) is 6.43. The molecule has 2 N–H and O–H groups in total. The van der Waals surface area contributed by atoms with Crippen LogP contribution in [0.5, 0.6) is 5.88 Å². The smallest absolute Gasteiger partial charge is 0.257 e. The van der Waals surface area contributed by atoms with Crippen molar-refractivity contribution in [3.8, 4) is 5.88 Å². The molecule has 0 saturated heterocycles. The van der Waals surface area contributed by atoms with Gasteiger partial charge in [-0.1, -0.05) is 0 Å². The van der Waals surface area contributed by atoms with E-state index in [1.54, 1.807) is 6.92 Å². The number of carbonyl (C=O) groups is 1. The van der Waals surface area contributed by atoms with Crippen molar-refractivity contribution < 1.29 is 18.8 Å². The molecule has 6 heteroatoms. The van der Waals surface area contributed by atoms with Crippen LogP contribution in [0.2, 0.25) is 0 Å². The van der Waals surface area contributed by atoms with E-state index in [4.69, 9.17) is 8.85 Å². The molecule has 88 valence electrons. The molecule has 0 radical (unpaired) electrons. The number of aryl methyl sites for hydroxylation is 1. The van der Waals surface area contributed by atoms with Crippen LogP contribution in [0.3, 0.4) is 0 Å². The van der Waals surface area contributed by atoms with Crippen LogP contribution in [0.25, 0.3) is 0 Å². The number of rotatable bonds is 4. The van der Waals surface area contributed by atoms with Crippen molar-refractivity contribution in [3.05, 3.63) is 6.20 Å². The molecule has 16 heavy (non-hydrogen) atoms. The minimum atomic E-state index is -2.46. The third kappa shape index (κ3) is 1.88. The van der Waals surface area contributed by atoms with Crippen LogP contribution >= 0.6 is 0 Å². The van der Waals surface area contributed by atoms with Crippen molar-refractivity contribution >= 4 is 12.1 Å². The number of amides is 1. The lowest BCUT2D eigenvalue weighted by atomic mass is 9.79. The van der Waals surface area contributed by atoms with Gasteiger partial charge in [0.25, 0.3) is 5.88 Å². The molecular formula is C10H15N3O3. The summed E-state index contributed by atoms with van der Waals surface area (Å²) in [6, 6.07) is 0. The quantitative estimate of drug-likeness (QED) is 0.726. The fourth-order valence-corrected chi connectivity index (χ4v) is 1.61. The predicted octanol–water partition coefficient (Wildman–Crippen LogP) is 0.281. The maximum Gasteiger partial charge on any atom is 0.257 e. The molecule has 0 unspecified atom stereocenters. The van der Waals surface area contributed by atoms with E-state index in [0.29, 0.717) is 19.3 Å². The van der Waals surface area contributed by atoms with E-state index in [1.807, 2.05) is 0 Å². The van der Waals surface area contributed by atoms with Gasteiger partial charge in [-0.3, -0.25) is 9.48 Å². The lowest BCUT2D eigenvalue weighted by Gasteiger charge is -2.41. The Morgan fingerprint density at radius 3 is 3.25 bits per heavy atom. The van der Waals surface area contributed by atoms with Crippen molar-refractivity contribution in [2.45, 2.75) is 31.5 Å². The van der Waals surface area contributed by atoms with E-state index >= 15 is 0 Å². The maximum atomic E-state index is 10.5. The number of aromatic nitrogens is 2. The van der Waals surface area contributed by atoms with E-state index in [2.05, 4.69) is 10.4 Å². The Labute approximate surface area is 97.4 Å². The van der Waals surface area contributed by atoms with Crippen LogP contribution in [0, 0.1) is 0 Å². The number of hydrogen-bond acceptors (Lipinski definition) is 4. The maximum absolute atomic E-state index is 10.5. The van der Waals surface area contributed by atoms with Gasteiger partial charge in [0, 0.05) is 11.1 Å². The molecule has 0 aromatic carbocycles. The summed E-state index contributed by atoms with van der Waals surface area (Å²) in [4.78, 5) is 10.5. The number of anilines is 1. The fourth-order valence-electron chi connectivity index (χ4n) is 1.61. The summed E-state index contributed by atoms with van der Waals surface area (Å²) in [7, 11) is 0. The van der Waals surface area contributed by atoms with Gasteiger partial charge in [-0.25, -0.2) is 0 Å². The van der Waals surface area contributed by atoms with E-state index in [-0.39, 0.29) is 11.6 Å². The topological polar surface area (TPSA) is 76.4 Å². The number of carbonyl (C=O) groups excluding carboxylic acids is 1. The minimum Gasteiger partial charge on any atom is -0.469 e. The zero-order chi connectivity index (χ0) is 14.3. The molecule has 1 aliphatic rings. The molecule has 1 aromatic heterocycles. The zero-order valence-electron chi connectivity index (χ0n) is 11.8. The van der Waals surface area contributed by atoms with Gasteiger partial charge in [0.1, 0.15) is 11.8 Å². The van der Waals surface area contributed by atoms with Crippen molar-refractivity contribution in [3.63, 3.8) is 0 Å². The first kappa shape index (κ1) is 7.67. The van der Waals surface area contributed by atoms with Gasteiger partial charge in [0.15, 0.2) is 0 Å². The second-order valence-electron chi connectivity index (χ2n) is 4.06. The number of hydrogen-bond donors (Lipinski definition) is 2. The van der Waals surface area contributed by atoms with E-state index in [1.165, 1.54) is 6.20 Å². The molecule has 1 heterocycles. The average Bonchev–Trinajstić information content (AvgIpc) is 2.68. The molecule has 6 nitrogen and oxygen atoms in total. The molecule has 0 aliphatic heterocycles. The molecule has 1 aromatic rings. The Kier molecular flexibility index (Phi) is 1.81. The predicted molar refractivity (Wildman–Crippen MR) is 57.2 cm³/mol. The molecule has 1 amide bonds. The van der Waals surface area contributed by atoms with Gasteiger partial charge < -0.3 is 15.2 Å². The van der Waals surface area contributed by atoms with Gasteiger partial charge in [-0.05, 0) is 19.8 Å². The fraction of sp³-hybridized carbons (Fsp3) is 0.600. The van der Waals surface area contributed by atoms with Gasteiger partial charge in [0.2, 0.25) is 6.41 Å². The largest absolute Gasteiger partial charge is 0.469 e. The second kappa shape index (κ2) is 3.79. The highest BCUT2D eigenvalue weighted by Crippen LogP contribution is 2.36. The molecule has 2 atom stereocenters. The van der Waals surface area contributed by atoms with Gasteiger partial charge in [0.05, 0.1) is 11.8 Å². The zero-order valence-corrected chi connectivity index (χ0v) is 8.80. The monoisotopic (exact) mass is 228 g/mol. The summed E-state index contributed by atoms with van der Waals surface area (Å²) in [6.07, 6.45) is 2.37. The van der Waals surface area contributed by atoms with E-state index in [0.717, 1.165) is 4.68 Å². The van der Waals surface area contributed by atoms with Gasteiger partial charge >= 0.3 is 0 Å². The summed E-state index contributed by atoms with van der Waals surface area (Å²) in [6.45, 7) is -0.822. The number of nitrogens with zero attached hydrogens (tertiary/aromatic N) is 2. The average molecular weight is 228 g/mol. The first-order valence-corrected chi connectivity index (χ1v) is 4.93. The van der Waals surface area contributed by atoms with Crippen LogP contribution < -0.4 is 10.1 Å². The first-order chi connectivity index (χ1) is 8.74. The van der Waals surface area contributed by atoms with Crippen LogP contribution in [0.15, 0.2) is 6.20 Å². The minimum absolute atomic E-state index is 0.00630. The normalized spacial score (nSPS) is 31.9. The highest BCUT2D eigenvalue weighted by molar-refractivity contribution is 5.73. The van der Waals surface area contributed by atoms with Gasteiger partial charge in [-0.15, -0.1) is 5.10 Å². The van der Waals surface area contributed by atoms with Crippen LogP contribution in [0.4, 0.5) is 5.69 Å². The summed E-state index contributed by atoms with van der Waals surface area (Å²) < 4.78 is 28.0. The number of ether oxygens (including phenoxy) is 1. The van der Waals surface area contributed by atoms with Gasteiger partial charge in [-0.2, -0.15) is 0 Å². The summed E-state index contributed by atoms with van der Waals surface area (Å²) in [5, 5.41) is 16.0. The highest BCUT2D eigenvalue weighted by atomic mass is 16.5. The Balaban J connectivity index is 2.23. The van der Waals surface area contributed by atoms with Crippen molar-refractivity contribution in [2.24, 2.45) is 6.98 Å². The molecule has 1 aliphatic carbocycles. The van der Waals surface area contributed by atoms with Crippen LogP contribution in [0.1, 0.15) is 23.9 Å². The van der Waals surface area contributed by atoms with E-state index < -0.39 is 18.7 Å². The number of aliphatic hydroxyl groups is 1. The highest BCUT2D eigenvalue weighted by Gasteiger charge is 2.43. The molecule has 0 bridgehead atoms. The standard InChI is InChI=1S/C10H15N3O3/c1-10(15)4-3-8(10)16-9-7(11-6-14)5-13(2)12-9/h5-6,8,15H,3-4H2,1-2H3,(H,11,14)/t8-,10-/m0/s1/i2D3. The second-order valence-corrected chi connectivity index (χ2v) is 4.06.